The van der Waals surface area contributed by atoms with Crippen molar-refractivity contribution >= 4 is 5.69 Å². The van der Waals surface area contributed by atoms with Crippen molar-refractivity contribution in [1.82, 2.24) is 5.32 Å². The molecule has 0 radical (unpaired) electrons. The van der Waals surface area contributed by atoms with Gasteiger partial charge >= 0.3 is 0 Å². The van der Waals surface area contributed by atoms with Gasteiger partial charge in [0.05, 0.1) is 12.3 Å². The SMILES string of the molecule is OCc1cccc(N2CCC(CCC3CCNCC3)CC2)c1F. The van der Waals surface area contributed by atoms with E-state index in [1.807, 2.05) is 12.1 Å². The lowest BCUT2D eigenvalue weighted by atomic mass is 9.85. The highest BCUT2D eigenvalue weighted by molar-refractivity contribution is 5.50. The van der Waals surface area contributed by atoms with Crippen LogP contribution in [0.15, 0.2) is 18.2 Å². The minimum atomic E-state index is -0.247. The summed E-state index contributed by atoms with van der Waals surface area (Å²) in [4.78, 5) is 2.15. The predicted octanol–water partition coefficient (Wildman–Crippen LogP) is 3.31. The minimum Gasteiger partial charge on any atom is -0.392 e. The van der Waals surface area contributed by atoms with E-state index < -0.39 is 0 Å². The Bertz CT molecular complexity index is 494. The lowest BCUT2D eigenvalue weighted by Crippen LogP contribution is -2.35. The molecule has 2 aliphatic heterocycles. The van der Waals surface area contributed by atoms with Crippen LogP contribution in [-0.2, 0) is 6.61 Å². The fraction of sp³-hybridized carbons (Fsp3) is 0.684. The third-order valence-corrected chi connectivity index (χ3v) is 5.63. The Balaban J connectivity index is 1.48. The lowest BCUT2D eigenvalue weighted by molar-refractivity contribution is 0.275. The molecule has 4 heteroatoms. The molecule has 0 bridgehead atoms. The van der Waals surface area contributed by atoms with Crippen LogP contribution in [0.25, 0.3) is 0 Å². The normalized spacial score (nSPS) is 20.9. The van der Waals surface area contributed by atoms with Gasteiger partial charge in [-0.15, -0.1) is 0 Å². The van der Waals surface area contributed by atoms with Gasteiger partial charge in [-0.3, -0.25) is 0 Å². The summed E-state index contributed by atoms with van der Waals surface area (Å²) in [5, 5.41) is 12.6. The number of hydrogen-bond acceptors (Lipinski definition) is 3. The number of benzene rings is 1. The van der Waals surface area contributed by atoms with Gasteiger partial charge in [-0.25, -0.2) is 4.39 Å². The standard InChI is InChI=1S/C19H29FN2O/c20-19-17(14-23)2-1-3-18(19)22-12-8-16(9-13-22)5-4-15-6-10-21-11-7-15/h1-3,15-16,21,23H,4-14H2. The Kier molecular flexibility index (Phi) is 5.90. The maximum Gasteiger partial charge on any atom is 0.151 e. The second-order valence-electron chi connectivity index (χ2n) is 7.11. The summed E-state index contributed by atoms with van der Waals surface area (Å²) in [7, 11) is 0. The number of hydrogen-bond donors (Lipinski definition) is 2. The van der Waals surface area contributed by atoms with Gasteiger partial charge in [-0.2, -0.15) is 0 Å². The lowest BCUT2D eigenvalue weighted by Gasteiger charge is -2.35. The van der Waals surface area contributed by atoms with Crippen LogP contribution in [0.1, 0.15) is 44.1 Å². The van der Waals surface area contributed by atoms with Crippen LogP contribution in [0.3, 0.4) is 0 Å². The zero-order valence-corrected chi connectivity index (χ0v) is 13.9. The molecule has 0 aliphatic carbocycles. The molecule has 2 fully saturated rings. The number of nitrogens with one attached hydrogen (secondary N) is 1. The van der Waals surface area contributed by atoms with Gasteiger partial charge in [-0.1, -0.05) is 25.0 Å². The van der Waals surface area contributed by atoms with Crippen LogP contribution in [0.2, 0.25) is 0 Å². The quantitative estimate of drug-likeness (QED) is 0.874. The highest BCUT2D eigenvalue weighted by Gasteiger charge is 2.23. The summed E-state index contributed by atoms with van der Waals surface area (Å²) in [6, 6.07) is 5.33. The fourth-order valence-electron chi connectivity index (χ4n) is 4.04. The maximum atomic E-state index is 14.3. The van der Waals surface area contributed by atoms with Crippen LogP contribution in [0.5, 0.6) is 0 Å². The van der Waals surface area contributed by atoms with Crippen molar-refractivity contribution in [3.63, 3.8) is 0 Å². The van der Waals surface area contributed by atoms with Crippen LogP contribution < -0.4 is 10.2 Å². The monoisotopic (exact) mass is 320 g/mol. The van der Waals surface area contributed by atoms with Crippen molar-refractivity contribution in [2.45, 2.75) is 45.1 Å². The number of nitrogens with zero attached hydrogens (tertiary/aromatic N) is 1. The first-order chi connectivity index (χ1) is 11.3. The van der Waals surface area contributed by atoms with E-state index in [0.717, 1.165) is 37.8 Å². The minimum absolute atomic E-state index is 0.230. The molecule has 1 aromatic rings. The summed E-state index contributed by atoms with van der Waals surface area (Å²) in [5.41, 5.74) is 1.06. The number of halogens is 1. The van der Waals surface area contributed by atoms with Gasteiger partial charge in [0.2, 0.25) is 0 Å². The first-order valence-electron chi connectivity index (χ1n) is 9.12. The Morgan fingerprint density at radius 1 is 1.04 bits per heavy atom. The molecular formula is C19H29FN2O. The molecule has 2 heterocycles. The molecule has 0 atom stereocenters. The fourth-order valence-corrected chi connectivity index (χ4v) is 4.04. The first kappa shape index (κ1) is 16.7. The average molecular weight is 320 g/mol. The zero-order chi connectivity index (χ0) is 16.1. The molecule has 0 aromatic heterocycles. The number of aliphatic hydroxyl groups excluding tert-OH is 1. The summed E-state index contributed by atoms with van der Waals surface area (Å²) >= 11 is 0. The highest BCUT2D eigenvalue weighted by atomic mass is 19.1. The molecule has 3 rings (SSSR count). The largest absolute Gasteiger partial charge is 0.392 e. The number of aliphatic hydroxyl groups is 1. The number of anilines is 1. The summed E-state index contributed by atoms with van der Waals surface area (Å²) in [6.07, 6.45) is 7.68. The average Bonchev–Trinajstić information content (AvgIpc) is 2.62. The van der Waals surface area contributed by atoms with Crippen molar-refractivity contribution in [2.75, 3.05) is 31.1 Å². The van der Waals surface area contributed by atoms with Crippen molar-refractivity contribution in [3.8, 4) is 0 Å². The molecular weight excluding hydrogens is 291 g/mol. The second kappa shape index (κ2) is 8.11. The Hall–Kier alpha value is -1.13. The van der Waals surface area contributed by atoms with Crippen LogP contribution >= 0.6 is 0 Å². The Morgan fingerprint density at radius 2 is 1.70 bits per heavy atom. The van der Waals surface area contributed by atoms with E-state index in [2.05, 4.69) is 10.2 Å². The highest BCUT2D eigenvalue weighted by Crippen LogP contribution is 2.30. The molecule has 0 spiro atoms. The maximum absolute atomic E-state index is 14.3. The third-order valence-electron chi connectivity index (χ3n) is 5.63. The van der Waals surface area contributed by atoms with Gasteiger partial charge in [0.15, 0.2) is 5.82 Å². The molecule has 1 aromatic carbocycles. The molecule has 0 amide bonds. The Labute approximate surface area is 138 Å². The van der Waals surface area contributed by atoms with E-state index in [9.17, 15) is 9.50 Å². The van der Waals surface area contributed by atoms with Crippen molar-refractivity contribution in [3.05, 3.63) is 29.6 Å². The van der Waals surface area contributed by atoms with Crippen molar-refractivity contribution < 1.29 is 9.50 Å². The van der Waals surface area contributed by atoms with E-state index in [1.54, 1.807) is 6.07 Å². The number of piperidine rings is 2. The van der Waals surface area contributed by atoms with E-state index in [1.165, 1.54) is 38.8 Å². The van der Waals surface area contributed by atoms with Gasteiger partial charge in [0.1, 0.15) is 0 Å². The molecule has 2 aliphatic rings. The number of rotatable bonds is 5. The summed E-state index contributed by atoms with van der Waals surface area (Å²) < 4.78 is 14.3. The third kappa shape index (κ3) is 4.24. The van der Waals surface area contributed by atoms with E-state index in [0.29, 0.717) is 11.3 Å². The van der Waals surface area contributed by atoms with Gasteiger partial charge in [0.25, 0.3) is 0 Å². The summed E-state index contributed by atoms with van der Waals surface area (Å²) in [6.45, 7) is 4.00. The van der Waals surface area contributed by atoms with Crippen molar-refractivity contribution in [1.29, 1.82) is 0 Å². The van der Waals surface area contributed by atoms with Crippen LogP contribution in [-0.4, -0.2) is 31.3 Å². The molecule has 0 unspecified atom stereocenters. The van der Waals surface area contributed by atoms with E-state index in [-0.39, 0.29) is 12.4 Å². The summed E-state index contributed by atoms with van der Waals surface area (Å²) in [5.74, 6) is 1.46. The van der Waals surface area contributed by atoms with Gasteiger partial charge in [-0.05, 0) is 56.7 Å². The first-order valence-corrected chi connectivity index (χ1v) is 9.12. The van der Waals surface area contributed by atoms with E-state index >= 15 is 0 Å². The molecule has 3 nitrogen and oxygen atoms in total. The molecule has 128 valence electrons. The molecule has 0 saturated carbocycles. The molecule has 2 N–H and O–H groups in total. The molecule has 23 heavy (non-hydrogen) atoms. The van der Waals surface area contributed by atoms with Gasteiger partial charge < -0.3 is 15.3 Å². The van der Waals surface area contributed by atoms with Crippen molar-refractivity contribution in [2.24, 2.45) is 11.8 Å². The van der Waals surface area contributed by atoms with Crippen LogP contribution in [0.4, 0.5) is 10.1 Å². The Morgan fingerprint density at radius 3 is 2.35 bits per heavy atom. The molecule has 2 saturated heterocycles. The topological polar surface area (TPSA) is 35.5 Å². The zero-order valence-electron chi connectivity index (χ0n) is 13.9. The van der Waals surface area contributed by atoms with Gasteiger partial charge in [0, 0.05) is 18.7 Å². The van der Waals surface area contributed by atoms with Crippen LogP contribution in [0, 0.1) is 17.7 Å². The predicted molar refractivity (Wildman–Crippen MR) is 92.1 cm³/mol. The smallest absolute Gasteiger partial charge is 0.151 e. The van der Waals surface area contributed by atoms with E-state index in [4.69, 9.17) is 0 Å². The second-order valence-corrected chi connectivity index (χ2v) is 7.11.